The molecule has 0 aliphatic carbocycles. The van der Waals surface area contributed by atoms with Crippen LogP contribution in [0.25, 0.3) is 0 Å². The predicted molar refractivity (Wildman–Crippen MR) is 66.4 cm³/mol. The molecule has 93 valence electrons. The van der Waals surface area contributed by atoms with Crippen LogP contribution in [0, 0.1) is 18.9 Å². The largest absolute Gasteiger partial charge is 0.387 e. The first-order chi connectivity index (χ1) is 7.84. The first kappa shape index (κ1) is 17.2. The zero-order valence-electron chi connectivity index (χ0n) is 11.2. The van der Waals surface area contributed by atoms with Crippen molar-refractivity contribution in [2.45, 2.75) is 40.0 Å². The minimum atomic E-state index is 0. The zero-order chi connectivity index (χ0) is 11.8. The number of nitrogens with zero attached hydrogens (tertiary/aromatic N) is 1. The minimum Gasteiger partial charge on any atom is -0.387 e. The summed E-state index contributed by atoms with van der Waals surface area (Å²) in [6.07, 6.45) is 5.33. The fourth-order valence-corrected chi connectivity index (χ4v) is 1.81. The first-order valence-electron chi connectivity index (χ1n) is 6.25. The number of pyridine rings is 1. The Morgan fingerprint density at radius 3 is 2.53 bits per heavy atom. The van der Waals surface area contributed by atoms with E-state index in [2.05, 4.69) is 11.1 Å². The van der Waals surface area contributed by atoms with Crippen molar-refractivity contribution in [2.24, 2.45) is 5.92 Å². The van der Waals surface area contributed by atoms with E-state index in [0.29, 0.717) is 0 Å². The maximum absolute atomic E-state index is 5.33. The van der Waals surface area contributed by atoms with Crippen LogP contribution in [0.2, 0.25) is 0 Å². The third kappa shape index (κ3) is 6.64. The second-order valence-corrected chi connectivity index (χ2v) is 3.98. The molecule has 2 nitrogen and oxygen atoms in total. The van der Waals surface area contributed by atoms with Gasteiger partial charge < -0.3 is 9.72 Å². The van der Waals surface area contributed by atoms with Crippen molar-refractivity contribution in [3.05, 3.63) is 29.6 Å². The Hall–Kier alpha value is 0.214. The number of ether oxygens (including phenoxy) is 1. The van der Waals surface area contributed by atoms with Gasteiger partial charge in [0.25, 0.3) is 0 Å². The Morgan fingerprint density at radius 2 is 2.00 bits per heavy atom. The van der Waals surface area contributed by atoms with Crippen molar-refractivity contribution in [1.29, 1.82) is 0 Å². The van der Waals surface area contributed by atoms with E-state index in [0.717, 1.165) is 31.1 Å². The fourth-order valence-electron chi connectivity index (χ4n) is 1.81. The zero-order valence-corrected chi connectivity index (χ0v) is 14.0. The summed E-state index contributed by atoms with van der Waals surface area (Å²) >= 11 is 0. The summed E-state index contributed by atoms with van der Waals surface area (Å²) in [6.45, 7) is 7.85. The third-order valence-corrected chi connectivity index (χ3v) is 2.73. The molecular formula is C14H22NOY-. The number of hydrogen-bond acceptors (Lipinski definition) is 2. The molecule has 0 atom stereocenters. The minimum absolute atomic E-state index is 0. The molecule has 1 saturated heterocycles. The molecule has 17 heavy (non-hydrogen) atoms. The van der Waals surface area contributed by atoms with E-state index in [1.165, 1.54) is 18.5 Å². The first-order valence-corrected chi connectivity index (χ1v) is 6.25. The Bertz CT molecular complexity index is 281. The molecule has 0 aromatic carbocycles. The van der Waals surface area contributed by atoms with Gasteiger partial charge in [-0.25, -0.2) is 0 Å². The molecule has 1 aliphatic rings. The monoisotopic (exact) mass is 309 g/mol. The Morgan fingerprint density at radius 1 is 1.35 bits per heavy atom. The van der Waals surface area contributed by atoms with E-state index in [-0.39, 0.29) is 32.7 Å². The molecule has 0 unspecified atom stereocenters. The molecular weight excluding hydrogens is 287 g/mol. The number of rotatable bonds is 2. The molecule has 2 heterocycles. The van der Waals surface area contributed by atoms with E-state index in [4.69, 9.17) is 4.74 Å². The molecule has 1 aliphatic heterocycles. The van der Waals surface area contributed by atoms with Crippen LogP contribution in [-0.2, 0) is 43.9 Å². The van der Waals surface area contributed by atoms with Crippen LogP contribution in [0.3, 0.4) is 0 Å². The molecule has 0 N–H and O–H groups in total. The van der Waals surface area contributed by atoms with Gasteiger partial charge in [0.15, 0.2) is 0 Å². The summed E-state index contributed by atoms with van der Waals surface area (Å²) in [7, 11) is 0. The van der Waals surface area contributed by atoms with E-state index in [1.807, 2.05) is 33.0 Å². The molecule has 0 bridgehead atoms. The van der Waals surface area contributed by atoms with Crippen molar-refractivity contribution in [3.63, 3.8) is 0 Å². The third-order valence-electron chi connectivity index (χ3n) is 2.73. The van der Waals surface area contributed by atoms with E-state index < -0.39 is 0 Å². The van der Waals surface area contributed by atoms with Crippen LogP contribution < -0.4 is 0 Å². The van der Waals surface area contributed by atoms with Gasteiger partial charge in [-0.2, -0.15) is 12.1 Å². The van der Waals surface area contributed by atoms with Crippen molar-refractivity contribution in [2.75, 3.05) is 13.2 Å². The SMILES string of the molecule is CC.Cc1[c-]cc(CC2CCOCC2)nc1.[Y]. The topological polar surface area (TPSA) is 22.1 Å². The number of aromatic nitrogens is 1. The van der Waals surface area contributed by atoms with Gasteiger partial charge >= 0.3 is 0 Å². The Balaban J connectivity index is 0.000000811. The molecule has 0 spiro atoms. The van der Waals surface area contributed by atoms with E-state index in [9.17, 15) is 0 Å². The van der Waals surface area contributed by atoms with Crippen molar-refractivity contribution >= 4 is 0 Å². The second-order valence-electron chi connectivity index (χ2n) is 3.98. The molecule has 0 amide bonds. The normalized spacial score (nSPS) is 15.5. The average Bonchev–Trinajstić information content (AvgIpc) is 2.36. The van der Waals surface area contributed by atoms with Crippen LogP contribution in [-0.4, -0.2) is 18.2 Å². The van der Waals surface area contributed by atoms with Crippen LogP contribution in [0.15, 0.2) is 12.3 Å². The van der Waals surface area contributed by atoms with Crippen molar-refractivity contribution in [1.82, 2.24) is 4.98 Å². The summed E-state index contributed by atoms with van der Waals surface area (Å²) in [5.74, 6) is 0.757. The summed E-state index contributed by atoms with van der Waals surface area (Å²) < 4.78 is 5.33. The van der Waals surface area contributed by atoms with E-state index >= 15 is 0 Å². The molecule has 3 heteroatoms. The van der Waals surface area contributed by atoms with Crippen LogP contribution in [0.5, 0.6) is 0 Å². The van der Waals surface area contributed by atoms with Gasteiger partial charge in [0, 0.05) is 45.9 Å². The molecule has 1 fully saturated rings. The average molecular weight is 309 g/mol. The maximum Gasteiger partial charge on any atom is 0.0468 e. The van der Waals surface area contributed by atoms with Crippen LogP contribution in [0.4, 0.5) is 0 Å². The van der Waals surface area contributed by atoms with E-state index in [1.54, 1.807) is 0 Å². The van der Waals surface area contributed by atoms with Gasteiger partial charge in [-0.15, -0.1) is 5.56 Å². The molecule has 1 aromatic heterocycles. The number of hydrogen-bond donors (Lipinski definition) is 0. The maximum atomic E-state index is 5.33. The number of aryl methyl sites for hydroxylation is 1. The Kier molecular flexibility index (Phi) is 10.3. The summed E-state index contributed by atoms with van der Waals surface area (Å²) in [4.78, 5) is 4.40. The van der Waals surface area contributed by atoms with Gasteiger partial charge in [0.05, 0.1) is 0 Å². The predicted octanol–water partition coefficient (Wildman–Crippen LogP) is 3.18. The fraction of sp³-hybridized carbons (Fsp3) is 0.643. The summed E-state index contributed by atoms with van der Waals surface area (Å²) in [5, 5.41) is 0. The van der Waals surface area contributed by atoms with Gasteiger partial charge in [0.1, 0.15) is 0 Å². The Labute approximate surface area is 130 Å². The van der Waals surface area contributed by atoms with Gasteiger partial charge in [-0.3, -0.25) is 0 Å². The van der Waals surface area contributed by atoms with Crippen molar-refractivity contribution in [3.8, 4) is 0 Å². The smallest absolute Gasteiger partial charge is 0.0468 e. The van der Waals surface area contributed by atoms with Crippen LogP contribution >= 0.6 is 0 Å². The molecule has 2 rings (SSSR count). The molecule has 1 radical (unpaired) electrons. The van der Waals surface area contributed by atoms with Crippen molar-refractivity contribution < 1.29 is 37.4 Å². The summed E-state index contributed by atoms with van der Waals surface area (Å²) in [5.41, 5.74) is 2.28. The molecule has 0 saturated carbocycles. The standard InChI is InChI=1S/C12H16NO.C2H6.Y/c1-10-2-3-12(13-9-10)8-11-4-6-14-7-5-11;1-2;/h3,9,11H,4-8H2,1H3;1-2H3;/q-1;;. The van der Waals surface area contributed by atoms with Gasteiger partial charge in [-0.05, 0) is 18.8 Å². The molecule has 1 aromatic rings. The van der Waals surface area contributed by atoms with Gasteiger partial charge in [-0.1, -0.05) is 39.1 Å². The summed E-state index contributed by atoms with van der Waals surface area (Å²) in [6, 6.07) is 5.21. The van der Waals surface area contributed by atoms with Crippen LogP contribution in [0.1, 0.15) is 37.9 Å². The quantitative estimate of drug-likeness (QED) is 0.783. The second kappa shape index (κ2) is 10.2. The van der Waals surface area contributed by atoms with Gasteiger partial charge in [0.2, 0.25) is 0 Å².